The maximum atomic E-state index is 5.91. The van der Waals surface area contributed by atoms with Gasteiger partial charge in [-0.05, 0) is 41.1 Å². The number of imidazole rings is 1. The van der Waals surface area contributed by atoms with Crippen LogP contribution in [0.2, 0.25) is 5.02 Å². The minimum Gasteiger partial charge on any atom is -0.356 e. The third kappa shape index (κ3) is 2.23. The van der Waals surface area contributed by atoms with E-state index < -0.39 is 0 Å². The molecule has 0 atom stereocenters. The van der Waals surface area contributed by atoms with Crippen LogP contribution in [0.3, 0.4) is 0 Å². The maximum Gasteiger partial charge on any atom is 0.207 e. The molecule has 0 amide bonds. The predicted octanol–water partition coefficient (Wildman–Crippen LogP) is 3.72. The van der Waals surface area contributed by atoms with Gasteiger partial charge in [0.05, 0.1) is 5.69 Å². The van der Waals surface area contributed by atoms with Crippen LogP contribution in [0.1, 0.15) is 6.92 Å². The first-order valence-corrected chi connectivity index (χ1v) is 6.12. The first kappa shape index (κ1) is 11.5. The van der Waals surface area contributed by atoms with Crippen molar-refractivity contribution in [3.05, 3.63) is 40.1 Å². The fraction of sp³-hybridized carbons (Fsp3) is 0.182. The second-order valence-electron chi connectivity index (χ2n) is 3.25. The molecule has 0 saturated heterocycles. The highest BCUT2D eigenvalue weighted by Gasteiger charge is 2.07. The summed E-state index contributed by atoms with van der Waals surface area (Å²) in [5.41, 5.74) is 1.01. The fourth-order valence-electron chi connectivity index (χ4n) is 1.46. The molecular formula is C11H11BrClN3. The van der Waals surface area contributed by atoms with Crippen LogP contribution >= 0.6 is 27.5 Å². The molecule has 0 aliphatic rings. The Hall–Kier alpha value is -1.000. The number of nitrogens with one attached hydrogen (secondary N) is 1. The fourth-order valence-corrected chi connectivity index (χ4v) is 2.34. The number of aromatic nitrogens is 2. The number of hydrogen-bond acceptors (Lipinski definition) is 2. The summed E-state index contributed by atoms with van der Waals surface area (Å²) in [7, 11) is 0. The average molecular weight is 301 g/mol. The predicted molar refractivity (Wildman–Crippen MR) is 70.4 cm³/mol. The van der Waals surface area contributed by atoms with Crippen LogP contribution in [0.5, 0.6) is 0 Å². The van der Waals surface area contributed by atoms with Crippen LogP contribution in [0.25, 0.3) is 5.69 Å². The Morgan fingerprint density at radius 2 is 2.31 bits per heavy atom. The molecule has 0 spiro atoms. The lowest BCUT2D eigenvalue weighted by Crippen LogP contribution is -2.05. The summed E-state index contributed by atoms with van der Waals surface area (Å²) in [6.07, 6.45) is 3.67. The van der Waals surface area contributed by atoms with E-state index in [2.05, 4.69) is 26.2 Å². The minimum absolute atomic E-state index is 0.709. The highest BCUT2D eigenvalue weighted by molar-refractivity contribution is 9.10. The Morgan fingerprint density at radius 1 is 1.50 bits per heavy atom. The number of halogens is 2. The van der Waals surface area contributed by atoms with Crippen molar-refractivity contribution < 1.29 is 0 Å². The first-order chi connectivity index (χ1) is 7.72. The van der Waals surface area contributed by atoms with Gasteiger partial charge in [0.15, 0.2) is 0 Å². The highest BCUT2D eigenvalue weighted by Crippen LogP contribution is 2.26. The zero-order valence-electron chi connectivity index (χ0n) is 8.74. The molecule has 1 aromatic carbocycles. The minimum atomic E-state index is 0.709. The van der Waals surface area contributed by atoms with Crippen molar-refractivity contribution in [1.82, 2.24) is 9.55 Å². The Balaban J connectivity index is 2.46. The summed E-state index contributed by atoms with van der Waals surface area (Å²) in [4.78, 5) is 4.24. The van der Waals surface area contributed by atoms with E-state index in [1.807, 2.05) is 35.9 Å². The summed E-state index contributed by atoms with van der Waals surface area (Å²) >= 11 is 9.40. The molecule has 1 N–H and O–H groups in total. The van der Waals surface area contributed by atoms with E-state index in [1.54, 1.807) is 6.20 Å². The first-order valence-electron chi connectivity index (χ1n) is 4.95. The number of anilines is 1. The van der Waals surface area contributed by atoms with Crippen LogP contribution in [0, 0.1) is 0 Å². The van der Waals surface area contributed by atoms with Gasteiger partial charge in [0.2, 0.25) is 5.95 Å². The lowest BCUT2D eigenvalue weighted by atomic mass is 10.3. The van der Waals surface area contributed by atoms with E-state index in [9.17, 15) is 0 Å². The summed E-state index contributed by atoms with van der Waals surface area (Å²) in [6, 6.07) is 5.68. The molecule has 0 bridgehead atoms. The third-order valence-electron chi connectivity index (χ3n) is 2.14. The van der Waals surface area contributed by atoms with Gasteiger partial charge in [-0.2, -0.15) is 0 Å². The van der Waals surface area contributed by atoms with Crippen molar-refractivity contribution >= 4 is 33.5 Å². The maximum absolute atomic E-state index is 5.91. The largest absolute Gasteiger partial charge is 0.356 e. The van der Waals surface area contributed by atoms with Crippen molar-refractivity contribution in [2.24, 2.45) is 0 Å². The molecule has 5 heteroatoms. The second-order valence-corrected chi connectivity index (χ2v) is 4.54. The molecule has 3 nitrogen and oxygen atoms in total. The Kier molecular flexibility index (Phi) is 3.51. The zero-order valence-corrected chi connectivity index (χ0v) is 11.1. The van der Waals surface area contributed by atoms with Gasteiger partial charge < -0.3 is 5.32 Å². The summed E-state index contributed by atoms with van der Waals surface area (Å²) in [5.74, 6) is 0.825. The molecule has 84 valence electrons. The Labute approximate surface area is 108 Å². The smallest absolute Gasteiger partial charge is 0.207 e. The third-order valence-corrected chi connectivity index (χ3v) is 3.02. The van der Waals surface area contributed by atoms with Crippen LogP contribution in [0.15, 0.2) is 35.1 Å². The molecule has 16 heavy (non-hydrogen) atoms. The van der Waals surface area contributed by atoms with Crippen molar-refractivity contribution in [1.29, 1.82) is 0 Å². The molecule has 0 saturated carbocycles. The summed E-state index contributed by atoms with van der Waals surface area (Å²) < 4.78 is 2.92. The average Bonchev–Trinajstić information content (AvgIpc) is 2.67. The van der Waals surface area contributed by atoms with Gasteiger partial charge in [0.1, 0.15) is 0 Å². The number of hydrogen-bond donors (Lipinski definition) is 1. The van der Waals surface area contributed by atoms with E-state index in [0.29, 0.717) is 5.02 Å². The van der Waals surface area contributed by atoms with Gasteiger partial charge >= 0.3 is 0 Å². The van der Waals surface area contributed by atoms with Gasteiger partial charge in [-0.15, -0.1) is 0 Å². The molecule has 0 aliphatic heterocycles. The van der Waals surface area contributed by atoms with Gasteiger partial charge in [-0.25, -0.2) is 4.98 Å². The second kappa shape index (κ2) is 4.89. The van der Waals surface area contributed by atoms with Gasteiger partial charge in [0.25, 0.3) is 0 Å². The Morgan fingerprint density at radius 3 is 3.00 bits per heavy atom. The van der Waals surface area contributed by atoms with Crippen LogP contribution < -0.4 is 5.32 Å². The van der Waals surface area contributed by atoms with Crippen LogP contribution in [-0.4, -0.2) is 16.1 Å². The normalized spacial score (nSPS) is 10.4. The van der Waals surface area contributed by atoms with Crippen molar-refractivity contribution in [2.45, 2.75) is 6.92 Å². The van der Waals surface area contributed by atoms with Gasteiger partial charge in [-0.1, -0.05) is 11.6 Å². The summed E-state index contributed by atoms with van der Waals surface area (Å²) in [5, 5.41) is 3.90. The van der Waals surface area contributed by atoms with E-state index >= 15 is 0 Å². The lowest BCUT2D eigenvalue weighted by Gasteiger charge is -2.10. The molecule has 0 radical (unpaired) electrons. The van der Waals surface area contributed by atoms with Crippen molar-refractivity contribution in [2.75, 3.05) is 11.9 Å². The molecular weight excluding hydrogens is 289 g/mol. The zero-order chi connectivity index (χ0) is 11.5. The number of nitrogens with zero attached hydrogens (tertiary/aromatic N) is 2. The monoisotopic (exact) mass is 299 g/mol. The number of benzene rings is 1. The number of rotatable bonds is 3. The SMILES string of the molecule is CCNc1nccn1-c1ccc(Cl)cc1Br. The molecule has 2 rings (SSSR count). The van der Waals surface area contributed by atoms with E-state index in [4.69, 9.17) is 11.6 Å². The molecule has 1 heterocycles. The molecule has 0 fully saturated rings. The summed E-state index contributed by atoms with van der Waals surface area (Å²) in [6.45, 7) is 2.87. The van der Waals surface area contributed by atoms with E-state index in [1.165, 1.54) is 0 Å². The highest BCUT2D eigenvalue weighted by atomic mass is 79.9. The quantitative estimate of drug-likeness (QED) is 0.936. The molecule has 0 aliphatic carbocycles. The lowest BCUT2D eigenvalue weighted by molar-refractivity contribution is 1.02. The molecule has 2 aromatic rings. The van der Waals surface area contributed by atoms with Crippen molar-refractivity contribution in [3.63, 3.8) is 0 Å². The van der Waals surface area contributed by atoms with Gasteiger partial charge in [0, 0.05) is 28.4 Å². The van der Waals surface area contributed by atoms with Gasteiger partial charge in [-0.3, -0.25) is 4.57 Å². The van der Waals surface area contributed by atoms with E-state index in [0.717, 1.165) is 22.7 Å². The Bertz CT molecular complexity index is 496. The molecule has 0 unspecified atom stereocenters. The van der Waals surface area contributed by atoms with E-state index in [-0.39, 0.29) is 0 Å². The topological polar surface area (TPSA) is 29.9 Å². The standard InChI is InChI=1S/C11H11BrClN3/c1-2-14-11-15-5-6-16(11)10-4-3-8(13)7-9(10)12/h3-7H,2H2,1H3,(H,14,15). The van der Waals surface area contributed by atoms with Crippen LogP contribution in [-0.2, 0) is 0 Å². The van der Waals surface area contributed by atoms with Crippen molar-refractivity contribution in [3.8, 4) is 5.69 Å². The van der Waals surface area contributed by atoms with Crippen LogP contribution in [0.4, 0.5) is 5.95 Å². The molecule has 1 aromatic heterocycles.